The Morgan fingerprint density at radius 2 is 2.00 bits per heavy atom. The van der Waals surface area contributed by atoms with Gasteiger partial charge in [-0.05, 0) is 44.9 Å². The van der Waals surface area contributed by atoms with E-state index in [9.17, 15) is 0 Å². The first kappa shape index (κ1) is 16.3. The second-order valence-corrected chi connectivity index (χ2v) is 6.62. The van der Waals surface area contributed by atoms with Gasteiger partial charge in [-0.25, -0.2) is 0 Å². The molecule has 0 spiro atoms. The van der Waals surface area contributed by atoms with Crippen molar-refractivity contribution in [3.8, 4) is 5.75 Å². The highest BCUT2D eigenvalue weighted by molar-refractivity contribution is 6.30. The van der Waals surface area contributed by atoms with Crippen LogP contribution in [0.3, 0.4) is 0 Å². The summed E-state index contributed by atoms with van der Waals surface area (Å²) >= 11 is 6.07. The molecule has 1 unspecified atom stereocenters. The van der Waals surface area contributed by atoms with Crippen molar-refractivity contribution in [2.24, 2.45) is 5.92 Å². The molecule has 1 aromatic carbocycles. The Labute approximate surface area is 122 Å². The van der Waals surface area contributed by atoms with Crippen molar-refractivity contribution in [1.82, 2.24) is 5.32 Å². The van der Waals surface area contributed by atoms with E-state index in [1.54, 1.807) is 0 Å². The Kier molecular flexibility index (Phi) is 6.15. The van der Waals surface area contributed by atoms with Crippen molar-refractivity contribution < 1.29 is 4.74 Å². The average molecular weight is 284 g/mol. The number of nitrogens with one attached hydrogen (secondary N) is 1. The van der Waals surface area contributed by atoms with Gasteiger partial charge in [-0.3, -0.25) is 0 Å². The molecule has 108 valence electrons. The number of halogens is 1. The van der Waals surface area contributed by atoms with Gasteiger partial charge in [0.1, 0.15) is 5.75 Å². The number of hydrogen-bond acceptors (Lipinski definition) is 2. The second kappa shape index (κ2) is 7.16. The zero-order chi connectivity index (χ0) is 14.5. The van der Waals surface area contributed by atoms with Crippen molar-refractivity contribution in [3.63, 3.8) is 0 Å². The molecule has 0 saturated carbocycles. The van der Waals surface area contributed by atoms with Crippen LogP contribution in [-0.2, 0) is 6.54 Å². The molecule has 2 nitrogen and oxygen atoms in total. The lowest BCUT2D eigenvalue weighted by molar-refractivity contribution is 0.253. The monoisotopic (exact) mass is 283 g/mol. The number of ether oxygens (including phenoxy) is 1. The highest BCUT2D eigenvalue weighted by atomic mass is 35.5. The second-order valence-electron chi connectivity index (χ2n) is 6.18. The molecule has 3 heteroatoms. The van der Waals surface area contributed by atoms with Crippen LogP contribution >= 0.6 is 11.6 Å². The largest absolute Gasteiger partial charge is 0.493 e. The van der Waals surface area contributed by atoms with Gasteiger partial charge in [0, 0.05) is 22.7 Å². The van der Waals surface area contributed by atoms with Crippen molar-refractivity contribution >= 4 is 11.6 Å². The topological polar surface area (TPSA) is 21.3 Å². The van der Waals surface area contributed by atoms with Gasteiger partial charge in [0.05, 0.1) is 6.61 Å². The molecule has 19 heavy (non-hydrogen) atoms. The van der Waals surface area contributed by atoms with Crippen LogP contribution in [0.15, 0.2) is 18.2 Å². The third kappa shape index (κ3) is 6.31. The lowest BCUT2D eigenvalue weighted by Crippen LogP contribution is -2.35. The molecule has 1 aromatic rings. The SMILES string of the molecule is CCC(C)COc1ccc(Cl)cc1CNC(C)(C)C. The van der Waals surface area contributed by atoms with E-state index in [2.05, 4.69) is 39.9 Å². The van der Waals surface area contributed by atoms with E-state index < -0.39 is 0 Å². The standard InChI is InChI=1S/C16H26ClNO/c1-6-12(2)11-19-15-8-7-14(17)9-13(15)10-18-16(3,4)5/h7-9,12,18H,6,10-11H2,1-5H3. The van der Waals surface area contributed by atoms with E-state index in [4.69, 9.17) is 16.3 Å². The van der Waals surface area contributed by atoms with E-state index in [0.717, 1.165) is 35.9 Å². The maximum absolute atomic E-state index is 6.07. The molecule has 1 N–H and O–H groups in total. The van der Waals surface area contributed by atoms with Crippen LogP contribution in [0.1, 0.15) is 46.6 Å². The van der Waals surface area contributed by atoms with Crippen LogP contribution in [-0.4, -0.2) is 12.1 Å². The highest BCUT2D eigenvalue weighted by Crippen LogP contribution is 2.24. The Morgan fingerprint density at radius 1 is 1.32 bits per heavy atom. The fraction of sp³-hybridized carbons (Fsp3) is 0.625. The molecule has 1 atom stereocenters. The third-order valence-electron chi connectivity index (χ3n) is 3.05. The van der Waals surface area contributed by atoms with Crippen LogP contribution < -0.4 is 10.1 Å². The van der Waals surface area contributed by atoms with Crippen LogP contribution in [0, 0.1) is 5.92 Å². The summed E-state index contributed by atoms with van der Waals surface area (Å²) in [5.41, 5.74) is 1.20. The lowest BCUT2D eigenvalue weighted by Gasteiger charge is -2.22. The van der Waals surface area contributed by atoms with Crippen molar-refractivity contribution in [2.75, 3.05) is 6.61 Å². The Bertz CT molecular complexity index is 398. The summed E-state index contributed by atoms with van der Waals surface area (Å²) in [6, 6.07) is 5.82. The zero-order valence-corrected chi connectivity index (χ0v) is 13.5. The minimum Gasteiger partial charge on any atom is -0.493 e. The van der Waals surface area contributed by atoms with Gasteiger partial charge in [-0.1, -0.05) is 31.9 Å². The molecular weight excluding hydrogens is 258 g/mol. The summed E-state index contributed by atoms with van der Waals surface area (Å²) in [5, 5.41) is 4.22. The summed E-state index contributed by atoms with van der Waals surface area (Å²) in [6.07, 6.45) is 1.13. The van der Waals surface area contributed by atoms with Crippen LogP contribution in [0.2, 0.25) is 5.02 Å². The predicted octanol–water partition coefficient (Wildman–Crippen LogP) is 4.65. The Morgan fingerprint density at radius 3 is 2.58 bits per heavy atom. The van der Waals surface area contributed by atoms with Crippen molar-refractivity contribution in [2.45, 2.75) is 53.1 Å². The number of benzene rings is 1. The molecule has 0 saturated heterocycles. The smallest absolute Gasteiger partial charge is 0.123 e. The first-order chi connectivity index (χ1) is 8.81. The molecule has 0 aliphatic rings. The fourth-order valence-corrected chi connectivity index (χ4v) is 1.73. The van der Waals surface area contributed by atoms with Crippen molar-refractivity contribution in [1.29, 1.82) is 0 Å². The summed E-state index contributed by atoms with van der Waals surface area (Å²) < 4.78 is 5.91. The minimum absolute atomic E-state index is 0.0797. The quantitative estimate of drug-likeness (QED) is 0.820. The van der Waals surface area contributed by atoms with Crippen LogP contribution in [0.4, 0.5) is 0 Å². The third-order valence-corrected chi connectivity index (χ3v) is 3.29. The summed E-state index contributed by atoms with van der Waals surface area (Å²) in [7, 11) is 0. The Hall–Kier alpha value is -0.730. The number of rotatable bonds is 6. The van der Waals surface area contributed by atoms with E-state index in [0.29, 0.717) is 5.92 Å². The maximum atomic E-state index is 6.07. The molecule has 0 aromatic heterocycles. The fourth-order valence-electron chi connectivity index (χ4n) is 1.54. The van der Waals surface area contributed by atoms with E-state index in [-0.39, 0.29) is 5.54 Å². The average Bonchev–Trinajstić information content (AvgIpc) is 2.33. The highest BCUT2D eigenvalue weighted by Gasteiger charge is 2.12. The van der Waals surface area contributed by atoms with Gasteiger partial charge in [0.15, 0.2) is 0 Å². The molecule has 0 aliphatic carbocycles. The Balaban J connectivity index is 2.74. The van der Waals surface area contributed by atoms with E-state index in [1.165, 1.54) is 0 Å². The molecule has 0 heterocycles. The van der Waals surface area contributed by atoms with Gasteiger partial charge < -0.3 is 10.1 Å². The number of hydrogen-bond donors (Lipinski definition) is 1. The van der Waals surface area contributed by atoms with Crippen molar-refractivity contribution in [3.05, 3.63) is 28.8 Å². The molecular formula is C16H26ClNO. The van der Waals surface area contributed by atoms with Gasteiger partial charge >= 0.3 is 0 Å². The normalized spacial score (nSPS) is 13.4. The minimum atomic E-state index is 0.0797. The zero-order valence-electron chi connectivity index (χ0n) is 12.7. The van der Waals surface area contributed by atoms with Gasteiger partial charge in [0.2, 0.25) is 0 Å². The van der Waals surface area contributed by atoms with Gasteiger partial charge in [0.25, 0.3) is 0 Å². The maximum Gasteiger partial charge on any atom is 0.123 e. The first-order valence-electron chi connectivity index (χ1n) is 6.98. The molecule has 0 fully saturated rings. The predicted molar refractivity (Wildman–Crippen MR) is 83.0 cm³/mol. The van der Waals surface area contributed by atoms with Gasteiger partial charge in [-0.15, -0.1) is 0 Å². The first-order valence-corrected chi connectivity index (χ1v) is 7.36. The van der Waals surface area contributed by atoms with E-state index >= 15 is 0 Å². The summed E-state index contributed by atoms with van der Waals surface area (Å²) in [6.45, 7) is 12.3. The molecule has 0 radical (unpaired) electrons. The molecule has 0 aliphatic heterocycles. The molecule has 0 amide bonds. The molecule has 0 bridgehead atoms. The van der Waals surface area contributed by atoms with Gasteiger partial charge in [-0.2, -0.15) is 0 Å². The summed E-state index contributed by atoms with van der Waals surface area (Å²) in [4.78, 5) is 0. The summed E-state index contributed by atoms with van der Waals surface area (Å²) in [5.74, 6) is 1.50. The lowest BCUT2D eigenvalue weighted by atomic mass is 10.1. The van der Waals surface area contributed by atoms with Crippen LogP contribution in [0.25, 0.3) is 0 Å². The molecule has 1 rings (SSSR count). The van der Waals surface area contributed by atoms with Crippen LogP contribution in [0.5, 0.6) is 5.75 Å². The van der Waals surface area contributed by atoms with E-state index in [1.807, 2.05) is 18.2 Å².